The maximum absolute atomic E-state index is 12.5. The second kappa shape index (κ2) is 10.1. The first-order chi connectivity index (χ1) is 14.2. The molecule has 1 heterocycles. The fourth-order valence-corrected chi connectivity index (χ4v) is 3.19. The first-order valence-electron chi connectivity index (χ1n) is 9.16. The van der Waals surface area contributed by atoms with Crippen LogP contribution in [0.25, 0.3) is 0 Å². The number of carbonyl (C=O) groups is 1. The van der Waals surface area contributed by atoms with Gasteiger partial charge in [-0.15, -0.1) is 0 Å². The fourth-order valence-electron chi connectivity index (χ4n) is 2.61. The second-order valence-corrected chi connectivity index (χ2v) is 7.51. The molecule has 30 heavy (non-hydrogen) atoms. The molecule has 0 atom stereocenters. The lowest BCUT2D eigenvalue weighted by Gasteiger charge is -2.16. The van der Waals surface area contributed by atoms with Crippen LogP contribution in [0.5, 0.6) is 11.5 Å². The predicted octanol–water partition coefficient (Wildman–Crippen LogP) is 2.85. The molecular formula is C21H23BrN4O4. The Labute approximate surface area is 183 Å². The van der Waals surface area contributed by atoms with E-state index in [2.05, 4.69) is 21.0 Å². The van der Waals surface area contributed by atoms with Gasteiger partial charge in [-0.25, -0.2) is 4.68 Å². The molecule has 1 aromatic carbocycles. The average molecular weight is 475 g/mol. The van der Waals surface area contributed by atoms with Crippen LogP contribution in [0.3, 0.4) is 0 Å². The fraction of sp³-hybridized carbons (Fsp3) is 0.333. The van der Waals surface area contributed by atoms with Crippen LogP contribution < -0.4 is 15.0 Å². The average Bonchev–Trinajstić information content (AvgIpc) is 2.67. The second-order valence-electron chi connectivity index (χ2n) is 6.66. The van der Waals surface area contributed by atoms with Crippen molar-refractivity contribution in [2.75, 3.05) is 27.3 Å². The molecule has 0 bridgehead atoms. The van der Waals surface area contributed by atoms with Crippen molar-refractivity contribution in [3.63, 3.8) is 0 Å². The van der Waals surface area contributed by atoms with Crippen molar-refractivity contribution < 1.29 is 14.3 Å². The number of benzene rings is 1. The molecule has 0 fully saturated rings. The molecule has 9 heteroatoms. The van der Waals surface area contributed by atoms with Gasteiger partial charge in [-0.2, -0.15) is 10.4 Å². The molecule has 1 aromatic heterocycles. The largest absolute Gasteiger partial charge is 0.490 e. The van der Waals surface area contributed by atoms with Crippen LogP contribution in [0.4, 0.5) is 0 Å². The first-order valence-corrected chi connectivity index (χ1v) is 9.95. The highest BCUT2D eigenvalue weighted by Crippen LogP contribution is 2.36. The van der Waals surface area contributed by atoms with Crippen LogP contribution >= 0.6 is 15.9 Å². The zero-order chi connectivity index (χ0) is 22.4. The van der Waals surface area contributed by atoms with Crippen LogP contribution in [0.2, 0.25) is 0 Å². The van der Waals surface area contributed by atoms with Crippen LogP contribution in [-0.2, 0) is 4.79 Å². The van der Waals surface area contributed by atoms with Crippen molar-refractivity contribution >= 4 is 28.1 Å². The summed E-state index contributed by atoms with van der Waals surface area (Å²) < 4.78 is 13.1. The Morgan fingerprint density at radius 2 is 2.00 bits per heavy atom. The zero-order valence-corrected chi connectivity index (χ0v) is 19.1. The number of amides is 1. The molecule has 0 saturated heterocycles. The maximum Gasteiger partial charge on any atom is 0.289 e. The van der Waals surface area contributed by atoms with Gasteiger partial charge in [-0.3, -0.25) is 9.59 Å². The number of hydrogen-bond donors (Lipinski definition) is 0. The normalized spacial score (nSPS) is 10.7. The van der Waals surface area contributed by atoms with Crippen molar-refractivity contribution in [3.05, 3.63) is 55.4 Å². The van der Waals surface area contributed by atoms with Crippen molar-refractivity contribution in [2.24, 2.45) is 5.10 Å². The van der Waals surface area contributed by atoms with E-state index in [1.54, 1.807) is 46.1 Å². The Hall–Kier alpha value is -3.12. The number of rotatable bonds is 7. The highest BCUT2D eigenvalue weighted by Gasteiger charge is 2.15. The van der Waals surface area contributed by atoms with E-state index in [0.717, 1.165) is 0 Å². The van der Waals surface area contributed by atoms with Gasteiger partial charge in [-0.05, 0) is 66.0 Å². The molecule has 1 amide bonds. The molecule has 158 valence electrons. The number of pyridine rings is 1. The maximum atomic E-state index is 12.5. The summed E-state index contributed by atoms with van der Waals surface area (Å²) in [4.78, 5) is 25.8. The summed E-state index contributed by atoms with van der Waals surface area (Å²) in [5, 5.41) is 13.5. The van der Waals surface area contributed by atoms with Crippen LogP contribution in [-0.4, -0.2) is 49.0 Å². The molecule has 2 aromatic rings. The molecule has 0 unspecified atom stereocenters. The van der Waals surface area contributed by atoms with E-state index >= 15 is 0 Å². The van der Waals surface area contributed by atoms with Gasteiger partial charge in [0.15, 0.2) is 18.1 Å². The van der Waals surface area contributed by atoms with E-state index in [9.17, 15) is 14.9 Å². The first kappa shape index (κ1) is 23.2. The van der Waals surface area contributed by atoms with Crippen molar-refractivity contribution in [3.8, 4) is 17.6 Å². The summed E-state index contributed by atoms with van der Waals surface area (Å²) in [6, 6.07) is 7.09. The molecular weight excluding hydrogens is 452 g/mol. The number of halogens is 1. The molecule has 0 spiro atoms. The number of ether oxygens (including phenoxy) is 2. The third kappa shape index (κ3) is 5.27. The van der Waals surface area contributed by atoms with Gasteiger partial charge in [0.2, 0.25) is 0 Å². The number of carbonyl (C=O) groups excluding carboxylic acids is 1. The quantitative estimate of drug-likeness (QED) is 0.574. The lowest BCUT2D eigenvalue weighted by molar-refractivity contribution is -0.130. The van der Waals surface area contributed by atoms with E-state index < -0.39 is 5.56 Å². The minimum Gasteiger partial charge on any atom is -0.490 e. The van der Waals surface area contributed by atoms with E-state index in [-0.39, 0.29) is 18.1 Å². The predicted molar refractivity (Wildman–Crippen MR) is 117 cm³/mol. The Morgan fingerprint density at radius 3 is 2.60 bits per heavy atom. The van der Waals surface area contributed by atoms with Gasteiger partial charge in [-0.1, -0.05) is 0 Å². The van der Waals surface area contributed by atoms with E-state index in [4.69, 9.17) is 9.47 Å². The van der Waals surface area contributed by atoms with Crippen LogP contribution in [0.15, 0.2) is 32.6 Å². The highest BCUT2D eigenvalue weighted by atomic mass is 79.9. The summed E-state index contributed by atoms with van der Waals surface area (Å²) in [6.07, 6.45) is 1.49. The van der Waals surface area contributed by atoms with Crippen LogP contribution in [0, 0.1) is 25.2 Å². The van der Waals surface area contributed by atoms with E-state index in [1.807, 2.05) is 13.0 Å². The van der Waals surface area contributed by atoms with Crippen LogP contribution in [0.1, 0.15) is 29.3 Å². The van der Waals surface area contributed by atoms with Gasteiger partial charge in [0, 0.05) is 19.8 Å². The molecule has 0 radical (unpaired) electrons. The number of nitriles is 1. The Balaban J connectivity index is 2.41. The van der Waals surface area contributed by atoms with Gasteiger partial charge >= 0.3 is 0 Å². The third-order valence-electron chi connectivity index (χ3n) is 4.16. The Morgan fingerprint density at radius 1 is 1.30 bits per heavy atom. The summed E-state index contributed by atoms with van der Waals surface area (Å²) in [5.41, 5.74) is 1.45. The Bertz CT molecular complexity index is 1080. The van der Waals surface area contributed by atoms with E-state index in [1.165, 1.54) is 15.8 Å². The molecule has 0 N–H and O–H groups in total. The summed E-state index contributed by atoms with van der Waals surface area (Å²) in [6.45, 7) is 5.56. The van der Waals surface area contributed by atoms with Crippen molar-refractivity contribution in [1.82, 2.24) is 9.58 Å². The molecule has 2 rings (SSSR count). The number of nitrogens with zero attached hydrogens (tertiary/aromatic N) is 4. The van der Waals surface area contributed by atoms with Crippen molar-refractivity contribution in [2.45, 2.75) is 20.8 Å². The topological polar surface area (TPSA) is 96.9 Å². The standard InChI is InChI=1S/C21H23BrN4O4/c1-6-29-18-9-15(8-17(22)20(18)30-12-19(27)25(4)5)11-24-26-14(3)7-13(2)16(10-23)21(26)28/h7-9,11H,6,12H2,1-5H3/b24-11+. The van der Waals surface area contributed by atoms with Gasteiger partial charge in [0.1, 0.15) is 11.6 Å². The zero-order valence-electron chi connectivity index (χ0n) is 17.5. The minimum absolute atomic E-state index is 0.0586. The van der Waals surface area contributed by atoms with E-state index in [0.29, 0.717) is 39.4 Å². The number of aromatic nitrogens is 1. The lowest BCUT2D eigenvalue weighted by Crippen LogP contribution is -2.27. The summed E-state index contributed by atoms with van der Waals surface area (Å²) >= 11 is 3.44. The molecule has 8 nitrogen and oxygen atoms in total. The monoisotopic (exact) mass is 474 g/mol. The SMILES string of the molecule is CCOc1cc(/C=N/n2c(C)cc(C)c(C#N)c2=O)cc(Br)c1OCC(=O)N(C)C. The molecule has 0 saturated carbocycles. The van der Waals surface area contributed by atoms with Gasteiger partial charge in [0.05, 0.1) is 17.3 Å². The number of aryl methyl sites for hydroxylation is 2. The lowest BCUT2D eigenvalue weighted by atomic mass is 10.1. The Kier molecular flexibility index (Phi) is 7.78. The van der Waals surface area contributed by atoms with Crippen molar-refractivity contribution in [1.29, 1.82) is 5.26 Å². The number of likely N-dealkylation sites (N-methyl/N-ethyl adjacent to an activating group) is 1. The minimum atomic E-state index is -0.475. The molecule has 0 aliphatic carbocycles. The summed E-state index contributed by atoms with van der Waals surface area (Å²) in [7, 11) is 3.30. The van der Waals surface area contributed by atoms with Gasteiger partial charge < -0.3 is 14.4 Å². The smallest absolute Gasteiger partial charge is 0.289 e. The number of hydrogen-bond acceptors (Lipinski definition) is 6. The van der Waals surface area contributed by atoms with Gasteiger partial charge in [0.25, 0.3) is 11.5 Å². The third-order valence-corrected chi connectivity index (χ3v) is 4.75. The highest BCUT2D eigenvalue weighted by molar-refractivity contribution is 9.10. The summed E-state index contributed by atoms with van der Waals surface area (Å²) in [5.74, 6) is 0.655. The molecule has 0 aliphatic heterocycles. The molecule has 0 aliphatic rings.